The maximum absolute atomic E-state index is 12.4. The van der Waals surface area contributed by atoms with E-state index in [4.69, 9.17) is 5.73 Å². The molecule has 1 aromatic carbocycles. The fraction of sp³-hybridized carbons (Fsp3) is 0.571. The number of hydrogen-bond acceptors (Lipinski definition) is 3. The van der Waals surface area contributed by atoms with Crippen LogP contribution in [0.3, 0.4) is 0 Å². The van der Waals surface area contributed by atoms with Gasteiger partial charge in [0.05, 0.1) is 5.69 Å². The Labute approximate surface area is 129 Å². The van der Waals surface area contributed by atoms with E-state index in [1.807, 2.05) is 6.92 Å². The standard InChI is InChI=1S/C14H21BrN2O2S/c1-10(11-5-3-2-4-6-11)17-20(18,19)14-9-12(15)7-8-13(14)16/h7-11,17H,2-6,16H2,1H3. The van der Waals surface area contributed by atoms with Crippen LogP contribution in [0.1, 0.15) is 39.0 Å². The molecule has 6 heteroatoms. The van der Waals surface area contributed by atoms with Gasteiger partial charge in [0.1, 0.15) is 4.90 Å². The number of nitrogens with two attached hydrogens (primary N) is 1. The van der Waals surface area contributed by atoms with Crippen LogP contribution >= 0.6 is 15.9 Å². The van der Waals surface area contributed by atoms with Gasteiger partial charge in [-0.15, -0.1) is 0 Å². The Morgan fingerprint density at radius 3 is 2.60 bits per heavy atom. The van der Waals surface area contributed by atoms with Crippen LogP contribution in [0.25, 0.3) is 0 Å². The van der Waals surface area contributed by atoms with Gasteiger partial charge in [-0.2, -0.15) is 0 Å². The highest BCUT2D eigenvalue weighted by Crippen LogP contribution is 2.28. The second kappa shape index (κ2) is 6.45. The Balaban J connectivity index is 2.16. The summed E-state index contributed by atoms with van der Waals surface area (Å²) in [5, 5.41) is 0. The summed E-state index contributed by atoms with van der Waals surface area (Å²) in [4.78, 5) is 0.148. The Morgan fingerprint density at radius 2 is 1.95 bits per heavy atom. The Kier molecular flexibility index (Phi) is 5.09. The lowest BCUT2D eigenvalue weighted by Gasteiger charge is -2.28. The van der Waals surface area contributed by atoms with Crippen LogP contribution in [0.4, 0.5) is 5.69 Å². The van der Waals surface area contributed by atoms with Crippen LogP contribution in [-0.2, 0) is 10.0 Å². The molecule has 1 unspecified atom stereocenters. The minimum atomic E-state index is -3.57. The van der Waals surface area contributed by atoms with Crippen LogP contribution in [0, 0.1) is 5.92 Å². The number of nitrogens with one attached hydrogen (secondary N) is 1. The Bertz CT molecular complexity index is 569. The summed E-state index contributed by atoms with van der Waals surface area (Å²) in [7, 11) is -3.57. The lowest BCUT2D eigenvalue weighted by Crippen LogP contribution is -2.39. The van der Waals surface area contributed by atoms with Gasteiger partial charge in [0, 0.05) is 10.5 Å². The van der Waals surface area contributed by atoms with Crippen molar-refractivity contribution in [2.24, 2.45) is 5.92 Å². The number of rotatable bonds is 4. The van der Waals surface area contributed by atoms with Crippen LogP contribution in [0.2, 0.25) is 0 Å². The summed E-state index contributed by atoms with van der Waals surface area (Å²) in [6.07, 6.45) is 5.83. The maximum atomic E-state index is 12.4. The molecule has 0 bridgehead atoms. The molecule has 1 aromatic rings. The SMILES string of the molecule is CC(NS(=O)(=O)c1cc(Br)ccc1N)C1CCCCC1. The molecule has 1 atom stereocenters. The van der Waals surface area contributed by atoms with Crippen molar-refractivity contribution in [3.63, 3.8) is 0 Å². The van der Waals surface area contributed by atoms with E-state index in [1.54, 1.807) is 18.2 Å². The fourth-order valence-electron chi connectivity index (χ4n) is 2.78. The van der Waals surface area contributed by atoms with Gasteiger partial charge < -0.3 is 5.73 Å². The second-order valence-electron chi connectivity index (χ2n) is 5.49. The molecule has 0 heterocycles. The van der Waals surface area contributed by atoms with Crippen molar-refractivity contribution >= 4 is 31.6 Å². The van der Waals surface area contributed by atoms with Gasteiger partial charge in [0.25, 0.3) is 0 Å². The third-order valence-corrected chi connectivity index (χ3v) is 6.07. The van der Waals surface area contributed by atoms with Crippen LogP contribution in [0.5, 0.6) is 0 Å². The number of hydrogen-bond donors (Lipinski definition) is 2. The number of anilines is 1. The third kappa shape index (κ3) is 3.74. The normalized spacial score (nSPS) is 18.9. The fourth-order valence-corrected chi connectivity index (χ4v) is 4.76. The molecule has 0 saturated heterocycles. The Hall–Kier alpha value is -0.590. The lowest BCUT2D eigenvalue weighted by atomic mass is 9.85. The zero-order valence-corrected chi connectivity index (χ0v) is 14.0. The predicted octanol–water partition coefficient (Wildman–Crippen LogP) is 3.28. The molecule has 0 spiro atoms. The minimum Gasteiger partial charge on any atom is -0.398 e. The van der Waals surface area contributed by atoms with Crippen molar-refractivity contribution in [1.29, 1.82) is 0 Å². The molecule has 0 aromatic heterocycles. The van der Waals surface area contributed by atoms with Gasteiger partial charge in [0.2, 0.25) is 10.0 Å². The molecular formula is C14H21BrN2O2S. The van der Waals surface area contributed by atoms with Crippen LogP contribution < -0.4 is 10.5 Å². The zero-order chi connectivity index (χ0) is 14.8. The van der Waals surface area contributed by atoms with Crippen molar-refractivity contribution in [1.82, 2.24) is 4.72 Å². The molecule has 0 amide bonds. The quantitative estimate of drug-likeness (QED) is 0.809. The average Bonchev–Trinajstić information content (AvgIpc) is 2.42. The zero-order valence-electron chi connectivity index (χ0n) is 11.6. The molecular weight excluding hydrogens is 340 g/mol. The van der Waals surface area contributed by atoms with E-state index < -0.39 is 10.0 Å². The van der Waals surface area contributed by atoms with E-state index in [9.17, 15) is 8.42 Å². The number of benzene rings is 1. The molecule has 2 rings (SSSR count). The molecule has 3 N–H and O–H groups in total. The first kappa shape index (κ1) is 15.8. The molecule has 1 aliphatic carbocycles. The van der Waals surface area contributed by atoms with Crippen molar-refractivity contribution in [2.45, 2.75) is 50.0 Å². The van der Waals surface area contributed by atoms with E-state index in [0.29, 0.717) is 10.4 Å². The summed E-state index contributed by atoms with van der Waals surface area (Å²) >= 11 is 3.28. The van der Waals surface area contributed by atoms with Gasteiger partial charge in [0.15, 0.2) is 0 Å². The monoisotopic (exact) mass is 360 g/mol. The number of nitrogen functional groups attached to an aromatic ring is 1. The van der Waals surface area contributed by atoms with Crippen molar-refractivity contribution in [2.75, 3.05) is 5.73 Å². The summed E-state index contributed by atoms with van der Waals surface area (Å²) in [6.45, 7) is 1.95. The Morgan fingerprint density at radius 1 is 1.30 bits per heavy atom. The average molecular weight is 361 g/mol. The van der Waals surface area contributed by atoms with Gasteiger partial charge in [-0.05, 0) is 43.9 Å². The molecule has 20 heavy (non-hydrogen) atoms. The molecule has 112 valence electrons. The van der Waals surface area contributed by atoms with Crippen molar-refractivity contribution in [3.05, 3.63) is 22.7 Å². The highest BCUT2D eigenvalue weighted by atomic mass is 79.9. The van der Waals surface area contributed by atoms with Gasteiger partial charge in [-0.3, -0.25) is 0 Å². The maximum Gasteiger partial charge on any atom is 0.242 e. The van der Waals surface area contributed by atoms with E-state index in [-0.39, 0.29) is 16.6 Å². The molecule has 0 radical (unpaired) electrons. The minimum absolute atomic E-state index is 0.0568. The van der Waals surface area contributed by atoms with E-state index >= 15 is 0 Å². The number of sulfonamides is 1. The van der Waals surface area contributed by atoms with Gasteiger partial charge in [-0.1, -0.05) is 35.2 Å². The molecule has 1 saturated carbocycles. The summed E-state index contributed by atoms with van der Waals surface area (Å²) < 4.78 is 28.4. The van der Waals surface area contributed by atoms with E-state index in [0.717, 1.165) is 12.8 Å². The molecule has 1 fully saturated rings. The van der Waals surface area contributed by atoms with Crippen LogP contribution in [-0.4, -0.2) is 14.5 Å². The van der Waals surface area contributed by atoms with Gasteiger partial charge in [-0.25, -0.2) is 13.1 Å². The lowest BCUT2D eigenvalue weighted by molar-refractivity contribution is 0.303. The predicted molar refractivity (Wildman–Crippen MR) is 84.9 cm³/mol. The number of halogens is 1. The summed E-state index contributed by atoms with van der Waals surface area (Å²) in [6, 6.07) is 4.83. The van der Waals surface area contributed by atoms with E-state index in [1.165, 1.54) is 19.3 Å². The first-order valence-corrected chi connectivity index (χ1v) is 9.25. The largest absolute Gasteiger partial charge is 0.398 e. The summed E-state index contributed by atoms with van der Waals surface area (Å²) in [5.74, 6) is 0.423. The van der Waals surface area contributed by atoms with Crippen molar-refractivity contribution < 1.29 is 8.42 Å². The highest BCUT2D eigenvalue weighted by molar-refractivity contribution is 9.10. The second-order valence-corrected chi connectivity index (χ2v) is 8.09. The molecule has 4 nitrogen and oxygen atoms in total. The third-order valence-electron chi connectivity index (χ3n) is 3.96. The first-order chi connectivity index (χ1) is 9.40. The summed E-state index contributed by atoms with van der Waals surface area (Å²) in [5.41, 5.74) is 6.06. The van der Waals surface area contributed by atoms with Crippen LogP contribution in [0.15, 0.2) is 27.6 Å². The highest BCUT2D eigenvalue weighted by Gasteiger charge is 2.26. The molecule has 0 aliphatic heterocycles. The van der Waals surface area contributed by atoms with E-state index in [2.05, 4.69) is 20.7 Å². The smallest absolute Gasteiger partial charge is 0.242 e. The first-order valence-electron chi connectivity index (χ1n) is 6.97. The molecule has 1 aliphatic rings. The van der Waals surface area contributed by atoms with Crippen molar-refractivity contribution in [3.8, 4) is 0 Å². The topological polar surface area (TPSA) is 72.2 Å². The van der Waals surface area contributed by atoms with Gasteiger partial charge >= 0.3 is 0 Å².